The summed E-state index contributed by atoms with van der Waals surface area (Å²) in [7, 11) is 0. The highest BCUT2D eigenvalue weighted by Crippen LogP contribution is 2.37. The number of hydrogen-bond acceptors (Lipinski definition) is 5. The topological polar surface area (TPSA) is 75.9 Å². The lowest BCUT2D eigenvalue weighted by molar-refractivity contribution is -0.133. The van der Waals surface area contributed by atoms with Crippen molar-refractivity contribution in [1.29, 1.82) is 0 Å². The fourth-order valence-corrected chi connectivity index (χ4v) is 4.79. The number of nitrogens with zero attached hydrogens (tertiary/aromatic N) is 5. The Hall–Kier alpha value is -3.06. The zero-order valence-electron chi connectivity index (χ0n) is 16.9. The van der Waals surface area contributed by atoms with Crippen LogP contribution in [0.15, 0.2) is 61.1 Å². The van der Waals surface area contributed by atoms with Crippen molar-refractivity contribution in [2.45, 2.75) is 32.0 Å². The van der Waals surface area contributed by atoms with Crippen LogP contribution in [0.4, 0.5) is 0 Å². The highest BCUT2D eigenvalue weighted by Gasteiger charge is 2.43. The highest BCUT2D eigenvalue weighted by atomic mass is 16.1. The van der Waals surface area contributed by atoms with E-state index in [1.165, 1.54) is 0 Å². The van der Waals surface area contributed by atoms with E-state index in [4.69, 9.17) is 0 Å². The van der Waals surface area contributed by atoms with Gasteiger partial charge in [-0.15, -0.1) is 5.10 Å². The summed E-state index contributed by atoms with van der Waals surface area (Å²) in [5.41, 5.74) is 3.02. The van der Waals surface area contributed by atoms with Crippen LogP contribution in [0.25, 0.3) is 11.3 Å². The molecular formula is C23H26N6O. The van der Waals surface area contributed by atoms with Gasteiger partial charge < -0.3 is 5.32 Å². The SMILES string of the molecule is O=C(NCc1cccnc1)C1CN2CCC1CC2Cn1cc(-c2ccccc2)nn1. The molecule has 7 nitrogen and oxygen atoms in total. The van der Waals surface area contributed by atoms with Crippen molar-refractivity contribution in [3.05, 3.63) is 66.6 Å². The van der Waals surface area contributed by atoms with Crippen LogP contribution in [0.3, 0.4) is 0 Å². The van der Waals surface area contributed by atoms with E-state index >= 15 is 0 Å². The summed E-state index contributed by atoms with van der Waals surface area (Å²) in [4.78, 5) is 19.4. The second-order valence-electron chi connectivity index (χ2n) is 8.31. The van der Waals surface area contributed by atoms with Crippen LogP contribution in [0.2, 0.25) is 0 Å². The smallest absolute Gasteiger partial charge is 0.224 e. The van der Waals surface area contributed by atoms with E-state index in [1.807, 2.05) is 41.2 Å². The van der Waals surface area contributed by atoms with Crippen molar-refractivity contribution in [2.75, 3.05) is 13.1 Å². The Balaban J connectivity index is 1.19. The number of amides is 1. The third-order valence-corrected chi connectivity index (χ3v) is 6.41. The van der Waals surface area contributed by atoms with Crippen molar-refractivity contribution >= 4 is 5.91 Å². The second-order valence-corrected chi connectivity index (χ2v) is 8.31. The van der Waals surface area contributed by atoms with Crippen LogP contribution in [0.1, 0.15) is 18.4 Å². The van der Waals surface area contributed by atoms with E-state index in [2.05, 4.69) is 37.6 Å². The van der Waals surface area contributed by atoms with Gasteiger partial charge in [-0.2, -0.15) is 0 Å². The minimum Gasteiger partial charge on any atom is -0.352 e. The summed E-state index contributed by atoms with van der Waals surface area (Å²) < 4.78 is 1.95. The Bertz CT molecular complexity index is 989. The van der Waals surface area contributed by atoms with Gasteiger partial charge >= 0.3 is 0 Å². The number of benzene rings is 1. The van der Waals surface area contributed by atoms with E-state index in [0.29, 0.717) is 18.5 Å². The predicted molar refractivity (Wildman–Crippen MR) is 113 cm³/mol. The Morgan fingerprint density at radius 1 is 1.17 bits per heavy atom. The highest BCUT2D eigenvalue weighted by molar-refractivity contribution is 5.79. The van der Waals surface area contributed by atoms with Crippen molar-refractivity contribution in [2.24, 2.45) is 11.8 Å². The van der Waals surface area contributed by atoms with Gasteiger partial charge in [-0.1, -0.05) is 41.6 Å². The van der Waals surface area contributed by atoms with E-state index in [0.717, 1.165) is 49.3 Å². The molecule has 4 unspecified atom stereocenters. The first-order chi connectivity index (χ1) is 14.8. The van der Waals surface area contributed by atoms with Gasteiger partial charge in [0.25, 0.3) is 0 Å². The monoisotopic (exact) mass is 402 g/mol. The summed E-state index contributed by atoms with van der Waals surface area (Å²) in [5.74, 6) is 0.674. The van der Waals surface area contributed by atoms with Gasteiger partial charge in [0.1, 0.15) is 5.69 Å². The molecule has 4 atom stereocenters. The Morgan fingerprint density at radius 2 is 2.07 bits per heavy atom. The summed E-state index contributed by atoms with van der Waals surface area (Å²) in [5, 5.41) is 11.8. The molecule has 0 radical (unpaired) electrons. The first-order valence-electron chi connectivity index (χ1n) is 10.6. The van der Waals surface area contributed by atoms with Crippen LogP contribution >= 0.6 is 0 Å². The van der Waals surface area contributed by atoms with Crippen molar-refractivity contribution in [3.63, 3.8) is 0 Å². The molecule has 3 aliphatic rings. The summed E-state index contributed by atoms with van der Waals surface area (Å²) in [6, 6.07) is 14.4. The van der Waals surface area contributed by atoms with E-state index in [9.17, 15) is 4.79 Å². The number of pyridine rings is 1. The summed E-state index contributed by atoms with van der Waals surface area (Å²) in [6.07, 6.45) is 7.70. The quantitative estimate of drug-likeness (QED) is 0.685. The average molecular weight is 403 g/mol. The summed E-state index contributed by atoms with van der Waals surface area (Å²) >= 11 is 0. The van der Waals surface area contributed by atoms with Crippen LogP contribution < -0.4 is 5.32 Å². The number of hydrogen-bond donors (Lipinski definition) is 1. The minimum atomic E-state index is 0.0716. The maximum absolute atomic E-state index is 12.8. The van der Waals surface area contributed by atoms with Crippen molar-refractivity contribution in [3.8, 4) is 11.3 Å². The molecule has 3 aliphatic heterocycles. The second kappa shape index (κ2) is 8.36. The predicted octanol–water partition coefficient (Wildman–Crippen LogP) is 2.37. The largest absolute Gasteiger partial charge is 0.352 e. The first-order valence-corrected chi connectivity index (χ1v) is 10.6. The molecule has 0 aliphatic carbocycles. The van der Waals surface area contributed by atoms with E-state index < -0.39 is 0 Å². The number of piperidine rings is 3. The van der Waals surface area contributed by atoms with Gasteiger partial charge in [-0.3, -0.25) is 19.4 Å². The minimum absolute atomic E-state index is 0.0716. The zero-order valence-corrected chi connectivity index (χ0v) is 16.9. The molecule has 7 heteroatoms. The third-order valence-electron chi connectivity index (χ3n) is 6.41. The van der Waals surface area contributed by atoms with Crippen LogP contribution in [-0.2, 0) is 17.9 Å². The molecule has 30 heavy (non-hydrogen) atoms. The fraction of sp³-hybridized carbons (Fsp3) is 0.391. The number of nitrogens with one attached hydrogen (secondary N) is 1. The Kier molecular flexibility index (Phi) is 5.27. The lowest BCUT2D eigenvalue weighted by Gasteiger charge is -2.49. The van der Waals surface area contributed by atoms with Crippen LogP contribution in [-0.4, -0.2) is 49.9 Å². The molecule has 3 fully saturated rings. The number of aromatic nitrogens is 4. The van der Waals surface area contributed by atoms with E-state index in [-0.39, 0.29) is 11.8 Å². The molecule has 1 amide bonds. The lowest BCUT2D eigenvalue weighted by Crippen LogP contribution is -2.58. The molecular weight excluding hydrogens is 376 g/mol. The maximum Gasteiger partial charge on any atom is 0.224 e. The normalized spacial score (nSPS) is 25.2. The molecule has 0 spiro atoms. The molecule has 2 aromatic heterocycles. The molecule has 5 heterocycles. The molecule has 1 N–H and O–H groups in total. The molecule has 2 bridgehead atoms. The van der Waals surface area contributed by atoms with Gasteiger partial charge in [0.2, 0.25) is 5.91 Å². The van der Waals surface area contributed by atoms with Gasteiger partial charge in [-0.05, 0) is 36.9 Å². The average Bonchev–Trinajstić information content (AvgIpc) is 3.28. The maximum atomic E-state index is 12.8. The third kappa shape index (κ3) is 3.98. The summed E-state index contributed by atoms with van der Waals surface area (Å²) in [6.45, 7) is 3.25. The first kappa shape index (κ1) is 18.9. The van der Waals surface area contributed by atoms with Gasteiger partial charge in [-0.25, -0.2) is 0 Å². The molecule has 6 rings (SSSR count). The zero-order chi connectivity index (χ0) is 20.3. The number of carbonyl (C=O) groups is 1. The van der Waals surface area contributed by atoms with E-state index in [1.54, 1.807) is 12.4 Å². The van der Waals surface area contributed by atoms with Gasteiger partial charge in [0.15, 0.2) is 0 Å². The molecule has 3 saturated heterocycles. The lowest BCUT2D eigenvalue weighted by atomic mass is 9.75. The molecule has 3 aromatic rings. The number of rotatable bonds is 6. The standard InChI is InChI=1S/C23H26N6O/c30-23(25-13-17-5-4-9-24-12-17)21-15-28-10-8-19(21)11-20(28)14-29-16-22(26-27-29)18-6-2-1-3-7-18/h1-7,9,12,16,19-21H,8,10-11,13-15H2,(H,25,30). The number of fused-ring (bicyclic) bond motifs is 3. The molecule has 154 valence electrons. The van der Waals surface area contributed by atoms with Crippen LogP contribution in [0, 0.1) is 11.8 Å². The molecule has 0 saturated carbocycles. The molecule has 1 aromatic carbocycles. The van der Waals surface area contributed by atoms with Gasteiger partial charge in [0.05, 0.1) is 18.7 Å². The van der Waals surface area contributed by atoms with Crippen molar-refractivity contribution < 1.29 is 4.79 Å². The van der Waals surface area contributed by atoms with Crippen LogP contribution in [0.5, 0.6) is 0 Å². The fourth-order valence-electron chi connectivity index (χ4n) is 4.79. The number of carbonyl (C=O) groups excluding carboxylic acids is 1. The Morgan fingerprint density at radius 3 is 2.83 bits per heavy atom. The Labute approximate surface area is 176 Å². The van der Waals surface area contributed by atoms with Gasteiger partial charge in [0, 0.05) is 37.1 Å². The van der Waals surface area contributed by atoms with Crippen molar-refractivity contribution in [1.82, 2.24) is 30.2 Å².